The van der Waals surface area contributed by atoms with Crippen molar-refractivity contribution in [1.82, 2.24) is 4.98 Å². The molecule has 0 amide bonds. The normalized spacial score (nSPS) is 12.1. The first-order valence-corrected chi connectivity index (χ1v) is 4.39. The van der Waals surface area contributed by atoms with Crippen molar-refractivity contribution in [3.63, 3.8) is 0 Å². The van der Waals surface area contributed by atoms with E-state index in [2.05, 4.69) is 20.7 Å². The van der Waals surface area contributed by atoms with Gasteiger partial charge >= 0.3 is 0 Å². The number of rotatable bonds is 4. The van der Waals surface area contributed by atoms with Crippen LogP contribution in [0.25, 0.3) is 0 Å². The van der Waals surface area contributed by atoms with E-state index in [-0.39, 0.29) is 5.82 Å². The highest BCUT2D eigenvalue weighted by molar-refractivity contribution is 5.93. The molecule has 2 N–H and O–H groups in total. The van der Waals surface area contributed by atoms with Gasteiger partial charge in [-0.1, -0.05) is 0 Å². The molecule has 0 aliphatic heterocycles. The molecule has 0 aromatic carbocycles. The number of hydrazone groups is 1. The predicted molar refractivity (Wildman–Crippen MR) is 55.8 cm³/mol. The summed E-state index contributed by atoms with van der Waals surface area (Å²) < 4.78 is 25.6. The molecule has 0 atom stereocenters. The van der Waals surface area contributed by atoms with Crippen LogP contribution in [0.4, 0.5) is 14.6 Å². The van der Waals surface area contributed by atoms with Crippen molar-refractivity contribution in [1.29, 1.82) is 0 Å². The van der Waals surface area contributed by atoms with Crippen LogP contribution in [0, 0.1) is 11.6 Å². The highest BCUT2D eigenvalue weighted by atomic mass is 19.1. The van der Waals surface area contributed by atoms with Crippen molar-refractivity contribution < 1.29 is 14.0 Å². The molecule has 7 heteroatoms. The zero-order valence-electron chi connectivity index (χ0n) is 8.48. The van der Waals surface area contributed by atoms with Gasteiger partial charge in [0.15, 0.2) is 11.6 Å². The van der Waals surface area contributed by atoms with E-state index in [0.717, 1.165) is 6.20 Å². The summed E-state index contributed by atoms with van der Waals surface area (Å²) in [5.74, 6) is -1.75. The Morgan fingerprint density at radius 2 is 2.38 bits per heavy atom. The summed E-state index contributed by atoms with van der Waals surface area (Å²) in [6.07, 6.45) is 2.42. The van der Waals surface area contributed by atoms with E-state index >= 15 is 0 Å². The first kappa shape index (κ1) is 12.0. The molecule has 1 rings (SSSR count). The lowest BCUT2D eigenvalue weighted by molar-refractivity contribution is 0.321. The van der Waals surface area contributed by atoms with Crippen molar-refractivity contribution in [3.8, 4) is 0 Å². The van der Waals surface area contributed by atoms with Crippen molar-refractivity contribution in [2.45, 2.75) is 13.3 Å². The molecule has 16 heavy (non-hydrogen) atoms. The predicted octanol–water partition coefficient (Wildman–Crippen LogP) is 2.00. The van der Waals surface area contributed by atoms with Crippen molar-refractivity contribution in [2.24, 2.45) is 10.3 Å². The number of aromatic nitrogens is 1. The van der Waals surface area contributed by atoms with Gasteiger partial charge in [-0.25, -0.2) is 13.8 Å². The van der Waals surface area contributed by atoms with Gasteiger partial charge in [0.25, 0.3) is 0 Å². The molecular weight excluding hydrogens is 218 g/mol. The summed E-state index contributed by atoms with van der Waals surface area (Å²) in [6.45, 7) is 1.65. The van der Waals surface area contributed by atoms with Gasteiger partial charge in [0.05, 0.1) is 6.20 Å². The maximum Gasteiger partial charge on any atom is 0.182 e. The number of nitrogens with one attached hydrogen (secondary N) is 1. The van der Waals surface area contributed by atoms with Gasteiger partial charge in [-0.15, -0.1) is 5.16 Å². The Hall–Kier alpha value is -2.05. The minimum atomic E-state index is -0.827. The van der Waals surface area contributed by atoms with Gasteiger partial charge in [0.1, 0.15) is 5.82 Å². The molecule has 0 spiro atoms. The number of anilines is 1. The van der Waals surface area contributed by atoms with E-state index in [1.165, 1.54) is 6.21 Å². The minimum absolute atomic E-state index is 0.165. The third-order valence-corrected chi connectivity index (χ3v) is 1.63. The molecule has 0 fully saturated rings. The summed E-state index contributed by atoms with van der Waals surface area (Å²) in [5.41, 5.74) is 2.90. The molecule has 0 saturated carbocycles. The number of nitrogens with zero attached hydrogens (tertiary/aromatic N) is 3. The lowest BCUT2D eigenvalue weighted by Crippen LogP contribution is -2.01. The van der Waals surface area contributed by atoms with Crippen LogP contribution in [-0.4, -0.2) is 22.1 Å². The van der Waals surface area contributed by atoms with Crippen LogP contribution in [0.2, 0.25) is 0 Å². The average molecular weight is 228 g/mol. The summed E-state index contributed by atoms with van der Waals surface area (Å²) in [4.78, 5) is 3.48. The second-order valence-electron chi connectivity index (χ2n) is 2.95. The van der Waals surface area contributed by atoms with E-state index in [0.29, 0.717) is 18.2 Å². The van der Waals surface area contributed by atoms with Gasteiger partial charge in [-0.3, -0.25) is 5.43 Å². The Morgan fingerprint density at radius 3 is 3.00 bits per heavy atom. The van der Waals surface area contributed by atoms with Crippen molar-refractivity contribution in [3.05, 3.63) is 23.9 Å². The van der Waals surface area contributed by atoms with E-state index in [9.17, 15) is 8.78 Å². The fraction of sp³-hybridized carbons (Fsp3) is 0.222. The summed E-state index contributed by atoms with van der Waals surface area (Å²) in [7, 11) is 0. The lowest BCUT2D eigenvalue weighted by Gasteiger charge is -2.01. The van der Waals surface area contributed by atoms with Crippen LogP contribution in [-0.2, 0) is 0 Å². The monoisotopic (exact) mass is 228 g/mol. The highest BCUT2D eigenvalue weighted by Crippen LogP contribution is 2.10. The van der Waals surface area contributed by atoms with Gasteiger partial charge in [-0.2, -0.15) is 5.10 Å². The van der Waals surface area contributed by atoms with Gasteiger partial charge in [-0.05, 0) is 6.92 Å². The van der Waals surface area contributed by atoms with E-state index in [1.807, 2.05) is 0 Å². The molecule has 1 aromatic rings. The first-order valence-electron chi connectivity index (χ1n) is 4.39. The van der Waals surface area contributed by atoms with Crippen LogP contribution in [0.1, 0.15) is 13.3 Å². The van der Waals surface area contributed by atoms with Crippen LogP contribution < -0.4 is 5.43 Å². The van der Waals surface area contributed by atoms with Gasteiger partial charge in [0.2, 0.25) is 0 Å². The molecule has 1 aromatic heterocycles. The molecular formula is C9H10F2N4O. The molecule has 5 nitrogen and oxygen atoms in total. The topological polar surface area (TPSA) is 69.9 Å². The SMILES string of the molecule is CC(CC=NO)=NNc1ncc(F)cc1F. The number of hydrogen-bond donors (Lipinski definition) is 2. The Balaban J connectivity index is 2.66. The number of pyridine rings is 1. The Bertz CT molecular complexity index is 420. The molecule has 0 unspecified atom stereocenters. The zero-order valence-corrected chi connectivity index (χ0v) is 8.48. The molecule has 0 saturated heterocycles. The Labute approximate surface area is 90.5 Å². The highest BCUT2D eigenvalue weighted by Gasteiger charge is 2.03. The molecule has 1 heterocycles. The lowest BCUT2D eigenvalue weighted by atomic mass is 10.3. The molecule has 0 aliphatic carbocycles. The summed E-state index contributed by atoms with van der Waals surface area (Å²) in [6, 6.07) is 0.704. The van der Waals surface area contributed by atoms with Gasteiger partial charge in [0, 0.05) is 24.4 Å². The second-order valence-corrected chi connectivity index (χ2v) is 2.95. The molecule has 0 bridgehead atoms. The van der Waals surface area contributed by atoms with Crippen LogP contribution in [0.15, 0.2) is 22.5 Å². The molecule has 0 radical (unpaired) electrons. The summed E-state index contributed by atoms with van der Waals surface area (Å²) in [5, 5.41) is 14.7. The third kappa shape index (κ3) is 3.60. The fourth-order valence-electron chi connectivity index (χ4n) is 0.864. The fourth-order valence-corrected chi connectivity index (χ4v) is 0.864. The first-order chi connectivity index (χ1) is 7.63. The van der Waals surface area contributed by atoms with Crippen LogP contribution in [0.3, 0.4) is 0 Å². The molecule has 0 aliphatic rings. The number of halogens is 2. The van der Waals surface area contributed by atoms with E-state index < -0.39 is 11.6 Å². The van der Waals surface area contributed by atoms with Crippen molar-refractivity contribution >= 4 is 17.7 Å². The molecule has 86 valence electrons. The van der Waals surface area contributed by atoms with E-state index in [1.54, 1.807) is 6.92 Å². The zero-order chi connectivity index (χ0) is 12.0. The number of oxime groups is 1. The van der Waals surface area contributed by atoms with Crippen LogP contribution >= 0.6 is 0 Å². The van der Waals surface area contributed by atoms with Crippen LogP contribution in [0.5, 0.6) is 0 Å². The maximum atomic E-state index is 13.1. The smallest absolute Gasteiger partial charge is 0.182 e. The second kappa shape index (κ2) is 5.74. The largest absolute Gasteiger partial charge is 0.411 e. The average Bonchev–Trinajstić information content (AvgIpc) is 2.25. The Kier molecular flexibility index (Phi) is 4.31. The summed E-state index contributed by atoms with van der Waals surface area (Å²) >= 11 is 0. The standard InChI is InChI=1S/C9H10F2N4O/c1-6(2-3-13-16)14-15-9-8(11)4-7(10)5-12-9/h3-5,16H,2H2,1H3,(H,12,15). The van der Waals surface area contributed by atoms with Crippen molar-refractivity contribution in [2.75, 3.05) is 5.43 Å². The quantitative estimate of drug-likeness (QED) is 0.470. The Morgan fingerprint density at radius 1 is 1.62 bits per heavy atom. The maximum absolute atomic E-state index is 13.1. The third-order valence-electron chi connectivity index (χ3n) is 1.63. The van der Waals surface area contributed by atoms with E-state index in [4.69, 9.17) is 5.21 Å². The number of hydrogen-bond acceptors (Lipinski definition) is 5. The van der Waals surface area contributed by atoms with Gasteiger partial charge < -0.3 is 5.21 Å². The minimum Gasteiger partial charge on any atom is -0.411 e.